The van der Waals surface area contributed by atoms with Gasteiger partial charge in [-0.05, 0) is 12.4 Å². The SMILES string of the molecule is Bc1c(F)cc(F)c(C)c1F. The molecule has 0 fully saturated rings. The van der Waals surface area contributed by atoms with Gasteiger partial charge >= 0.3 is 0 Å². The molecule has 0 aromatic heterocycles. The minimum absolute atomic E-state index is 0.135. The summed E-state index contributed by atoms with van der Waals surface area (Å²) in [6.45, 7) is 1.27. The molecule has 0 aliphatic heterocycles. The van der Waals surface area contributed by atoms with Crippen LogP contribution in [-0.4, -0.2) is 7.85 Å². The molecule has 4 heteroatoms. The van der Waals surface area contributed by atoms with Crippen LogP contribution < -0.4 is 5.46 Å². The molecule has 58 valence electrons. The third-order valence-corrected chi connectivity index (χ3v) is 1.63. The molecule has 1 aromatic carbocycles. The molecule has 0 aliphatic rings. The van der Waals surface area contributed by atoms with Gasteiger partial charge in [-0.25, -0.2) is 13.2 Å². The smallest absolute Gasteiger partial charge is 0.147 e. The van der Waals surface area contributed by atoms with E-state index in [4.69, 9.17) is 0 Å². The van der Waals surface area contributed by atoms with Crippen molar-refractivity contribution in [1.29, 1.82) is 0 Å². The Morgan fingerprint density at radius 1 is 1.18 bits per heavy atom. The number of rotatable bonds is 0. The van der Waals surface area contributed by atoms with Crippen LogP contribution in [0.3, 0.4) is 0 Å². The van der Waals surface area contributed by atoms with Gasteiger partial charge in [0.05, 0.1) is 0 Å². The van der Waals surface area contributed by atoms with Crippen molar-refractivity contribution in [2.75, 3.05) is 0 Å². The molecule has 0 nitrogen and oxygen atoms in total. The lowest BCUT2D eigenvalue weighted by Crippen LogP contribution is -2.16. The van der Waals surface area contributed by atoms with E-state index in [1.807, 2.05) is 0 Å². The molecule has 1 rings (SSSR count). The molecular weight excluding hydrogens is 152 g/mol. The lowest BCUT2D eigenvalue weighted by atomic mass is 9.93. The van der Waals surface area contributed by atoms with Crippen LogP contribution in [0, 0.1) is 24.4 Å². The second kappa shape index (κ2) is 2.60. The molecular formula is C7H6BF3. The van der Waals surface area contributed by atoms with Gasteiger partial charge in [0.2, 0.25) is 0 Å². The van der Waals surface area contributed by atoms with Crippen LogP contribution >= 0.6 is 0 Å². The van der Waals surface area contributed by atoms with E-state index >= 15 is 0 Å². The fourth-order valence-corrected chi connectivity index (χ4v) is 0.819. The molecule has 0 aliphatic carbocycles. The minimum atomic E-state index is -0.842. The van der Waals surface area contributed by atoms with Gasteiger partial charge in [0.15, 0.2) is 0 Å². The molecule has 0 amide bonds. The first-order valence-electron chi connectivity index (χ1n) is 3.14. The van der Waals surface area contributed by atoms with E-state index < -0.39 is 17.5 Å². The van der Waals surface area contributed by atoms with Gasteiger partial charge in [0.25, 0.3) is 0 Å². The monoisotopic (exact) mass is 158 g/mol. The van der Waals surface area contributed by atoms with Crippen LogP contribution in [0.2, 0.25) is 0 Å². The van der Waals surface area contributed by atoms with E-state index in [2.05, 4.69) is 0 Å². The summed E-state index contributed by atoms with van der Waals surface area (Å²) in [7, 11) is 1.27. The lowest BCUT2D eigenvalue weighted by molar-refractivity contribution is 0.542. The summed E-state index contributed by atoms with van der Waals surface area (Å²) >= 11 is 0. The number of halogens is 3. The van der Waals surface area contributed by atoms with Gasteiger partial charge in [-0.15, -0.1) is 0 Å². The summed E-state index contributed by atoms with van der Waals surface area (Å²) in [6.07, 6.45) is 0. The maximum atomic E-state index is 12.8. The first kappa shape index (κ1) is 8.17. The quantitative estimate of drug-likeness (QED) is 0.486. The summed E-state index contributed by atoms with van der Waals surface area (Å²) in [4.78, 5) is 0. The maximum Gasteiger partial charge on any atom is 0.147 e. The molecule has 0 spiro atoms. The molecule has 0 bridgehead atoms. The van der Waals surface area contributed by atoms with E-state index in [0.717, 1.165) is 0 Å². The molecule has 1 aromatic rings. The zero-order valence-corrected chi connectivity index (χ0v) is 6.21. The molecule has 0 heterocycles. The maximum absolute atomic E-state index is 12.8. The van der Waals surface area contributed by atoms with Crippen LogP contribution in [0.15, 0.2) is 6.07 Å². The largest absolute Gasteiger partial charge is 0.207 e. The summed E-state index contributed by atoms with van der Waals surface area (Å²) in [5, 5.41) is 0. The van der Waals surface area contributed by atoms with Gasteiger partial charge in [-0.1, -0.05) is 0 Å². The Morgan fingerprint density at radius 3 is 2.27 bits per heavy atom. The van der Waals surface area contributed by atoms with E-state index in [0.29, 0.717) is 6.07 Å². The Morgan fingerprint density at radius 2 is 1.73 bits per heavy atom. The molecule has 11 heavy (non-hydrogen) atoms. The van der Waals surface area contributed by atoms with Crippen LogP contribution in [-0.2, 0) is 0 Å². The second-order valence-electron chi connectivity index (χ2n) is 2.40. The van der Waals surface area contributed by atoms with E-state index in [1.54, 1.807) is 0 Å². The van der Waals surface area contributed by atoms with Crippen molar-refractivity contribution < 1.29 is 13.2 Å². The summed E-state index contributed by atoms with van der Waals surface area (Å²) < 4.78 is 37.9. The average molecular weight is 158 g/mol. The van der Waals surface area contributed by atoms with Crippen molar-refractivity contribution in [1.82, 2.24) is 0 Å². The minimum Gasteiger partial charge on any atom is -0.207 e. The van der Waals surface area contributed by atoms with Gasteiger partial charge < -0.3 is 0 Å². The Hall–Kier alpha value is -0.925. The van der Waals surface area contributed by atoms with Crippen LogP contribution in [0.5, 0.6) is 0 Å². The van der Waals surface area contributed by atoms with E-state index in [9.17, 15) is 13.2 Å². The molecule has 0 atom stereocenters. The van der Waals surface area contributed by atoms with Gasteiger partial charge in [0, 0.05) is 11.6 Å². The number of hydrogen-bond donors (Lipinski definition) is 0. The zero-order chi connectivity index (χ0) is 8.59. The van der Waals surface area contributed by atoms with Crippen LogP contribution in [0.4, 0.5) is 13.2 Å². The van der Waals surface area contributed by atoms with Crippen molar-refractivity contribution in [3.05, 3.63) is 29.1 Å². The van der Waals surface area contributed by atoms with Gasteiger partial charge in [-0.2, -0.15) is 0 Å². The highest BCUT2D eigenvalue weighted by atomic mass is 19.1. The second-order valence-corrected chi connectivity index (χ2v) is 2.40. The summed E-state index contributed by atoms with van der Waals surface area (Å²) in [6, 6.07) is 0.688. The van der Waals surface area contributed by atoms with E-state index in [1.165, 1.54) is 14.8 Å². The lowest BCUT2D eigenvalue weighted by Gasteiger charge is -2.02. The fraction of sp³-hybridized carbons (Fsp3) is 0.143. The van der Waals surface area contributed by atoms with Crippen LogP contribution in [0.25, 0.3) is 0 Å². The Labute approximate surface area is 63.4 Å². The van der Waals surface area contributed by atoms with Gasteiger partial charge in [-0.3, -0.25) is 0 Å². The highest BCUT2D eigenvalue weighted by molar-refractivity contribution is 6.32. The van der Waals surface area contributed by atoms with Gasteiger partial charge in [0.1, 0.15) is 25.3 Å². The van der Waals surface area contributed by atoms with Crippen molar-refractivity contribution in [2.24, 2.45) is 0 Å². The molecule has 0 unspecified atom stereocenters. The molecule has 0 saturated heterocycles. The van der Waals surface area contributed by atoms with Crippen molar-refractivity contribution in [3.63, 3.8) is 0 Å². The van der Waals surface area contributed by atoms with Crippen LogP contribution in [0.1, 0.15) is 5.56 Å². The average Bonchev–Trinajstić information content (AvgIpc) is 1.97. The van der Waals surface area contributed by atoms with Crippen molar-refractivity contribution in [2.45, 2.75) is 6.92 Å². The topological polar surface area (TPSA) is 0 Å². The summed E-state index contributed by atoms with van der Waals surface area (Å²) in [5.74, 6) is -2.49. The zero-order valence-electron chi connectivity index (χ0n) is 6.21. The normalized spacial score (nSPS) is 10.2. The van der Waals surface area contributed by atoms with E-state index in [-0.39, 0.29) is 11.0 Å². The Bertz CT molecular complexity index is 270. The number of benzene rings is 1. The van der Waals surface area contributed by atoms with Crippen molar-refractivity contribution in [3.8, 4) is 0 Å². The number of hydrogen-bond acceptors (Lipinski definition) is 0. The molecule has 0 N–H and O–H groups in total. The first-order valence-corrected chi connectivity index (χ1v) is 3.14. The predicted molar refractivity (Wildman–Crippen MR) is 39.2 cm³/mol. The molecule has 0 saturated carbocycles. The highest BCUT2D eigenvalue weighted by Crippen LogP contribution is 2.09. The third kappa shape index (κ3) is 1.25. The first-order chi connectivity index (χ1) is 5.04. The molecule has 0 radical (unpaired) electrons. The summed E-state index contributed by atoms with van der Waals surface area (Å²) in [5.41, 5.74) is -0.271. The standard InChI is InChI=1S/C7H6BF3/c1-3-4(9)2-5(10)6(8)7(3)11/h2H,8H2,1H3. The Balaban J connectivity index is 3.46. The van der Waals surface area contributed by atoms with Crippen molar-refractivity contribution >= 4 is 13.3 Å². The predicted octanol–water partition coefficient (Wildman–Crippen LogP) is 0.671. The highest BCUT2D eigenvalue weighted by Gasteiger charge is 2.10. The third-order valence-electron chi connectivity index (χ3n) is 1.63. The Kier molecular flexibility index (Phi) is 1.93. The fourth-order valence-electron chi connectivity index (χ4n) is 0.819.